The zero-order valence-corrected chi connectivity index (χ0v) is 12.3. The standard InChI is InChI=1S/C15H31N3/c1-13(10-16)6-5-9-17-12-15-7-3-4-8-18(15)11-14(17)2/h13-15H,3-12,16H2,1-2H3. The predicted molar refractivity (Wildman–Crippen MR) is 77.7 cm³/mol. The van der Waals surface area contributed by atoms with Gasteiger partial charge in [-0.1, -0.05) is 13.3 Å². The van der Waals surface area contributed by atoms with E-state index in [1.165, 1.54) is 58.3 Å². The van der Waals surface area contributed by atoms with Crippen LogP contribution in [-0.4, -0.2) is 54.6 Å². The van der Waals surface area contributed by atoms with Gasteiger partial charge in [-0.3, -0.25) is 9.80 Å². The van der Waals surface area contributed by atoms with Gasteiger partial charge >= 0.3 is 0 Å². The van der Waals surface area contributed by atoms with E-state index >= 15 is 0 Å². The van der Waals surface area contributed by atoms with E-state index in [9.17, 15) is 0 Å². The van der Waals surface area contributed by atoms with Gasteiger partial charge in [-0.05, 0) is 58.2 Å². The fourth-order valence-corrected chi connectivity index (χ4v) is 3.48. The van der Waals surface area contributed by atoms with E-state index in [1.807, 2.05) is 0 Å². The highest BCUT2D eigenvalue weighted by atomic mass is 15.3. The molecule has 2 heterocycles. The van der Waals surface area contributed by atoms with Gasteiger partial charge in [0.15, 0.2) is 0 Å². The maximum absolute atomic E-state index is 5.69. The van der Waals surface area contributed by atoms with Crippen LogP contribution in [-0.2, 0) is 0 Å². The van der Waals surface area contributed by atoms with Gasteiger partial charge in [0, 0.05) is 25.2 Å². The Bertz CT molecular complexity index is 244. The number of nitrogens with zero attached hydrogens (tertiary/aromatic N) is 2. The fourth-order valence-electron chi connectivity index (χ4n) is 3.48. The van der Waals surface area contributed by atoms with Crippen molar-refractivity contribution in [2.45, 2.75) is 58.0 Å². The maximum Gasteiger partial charge on any atom is 0.0223 e. The molecule has 2 fully saturated rings. The van der Waals surface area contributed by atoms with Crippen molar-refractivity contribution in [1.29, 1.82) is 0 Å². The van der Waals surface area contributed by atoms with E-state index in [4.69, 9.17) is 5.73 Å². The molecule has 0 bridgehead atoms. The third-order valence-electron chi connectivity index (χ3n) is 4.86. The summed E-state index contributed by atoms with van der Waals surface area (Å²) in [4.78, 5) is 5.45. The molecule has 2 saturated heterocycles. The van der Waals surface area contributed by atoms with Crippen LogP contribution in [0, 0.1) is 5.92 Å². The second-order valence-electron chi connectivity index (χ2n) is 6.47. The molecule has 0 saturated carbocycles. The van der Waals surface area contributed by atoms with Crippen LogP contribution in [0.1, 0.15) is 46.0 Å². The average molecular weight is 253 g/mol. The fraction of sp³-hybridized carbons (Fsp3) is 1.00. The van der Waals surface area contributed by atoms with E-state index in [0.717, 1.165) is 18.6 Å². The lowest BCUT2D eigenvalue weighted by Crippen LogP contribution is -2.58. The molecule has 2 N–H and O–H groups in total. The van der Waals surface area contributed by atoms with Crippen molar-refractivity contribution >= 4 is 0 Å². The second-order valence-corrected chi connectivity index (χ2v) is 6.47. The largest absolute Gasteiger partial charge is 0.330 e. The molecule has 0 aromatic rings. The molecule has 18 heavy (non-hydrogen) atoms. The molecule has 0 amide bonds. The highest BCUT2D eigenvalue weighted by Crippen LogP contribution is 2.24. The highest BCUT2D eigenvalue weighted by molar-refractivity contribution is 4.88. The number of piperidine rings is 1. The number of hydrogen-bond acceptors (Lipinski definition) is 3. The van der Waals surface area contributed by atoms with Gasteiger partial charge in [-0.25, -0.2) is 0 Å². The highest BCUT2D eigenvalue weighted by Gasteiger charge is 2.32. The van der Waals surface area contributed by atoms with Gasteiger partial charge < -0.3 is 5.73 Å². The summed E-state index contributed by atoms with van der Waals surface area (Å²) in [6, 6.07) is 1.59. The molecule has 2 rings (SSSR count). The summed E-state index contributed by atoms with van der Waals surface area (Å²) in [6.45, 7) is 10.7. The normalized spacial score (nSPS) is 32.2. The zero-order chi connectivity index (χ0) is 13.0. The minimum Gasteiger partial charge on any atom is -0.330 e. The molecular weight excluding hydrogens is 222 g/mol. The molecule has 2 aliphatic rings. The van der Waals surface area contributed by atoms with Crippen LogP contribution in [0.15, 0.2) is 0 Å². The van der Waals surface area contributed by atoms with Gasteiger partial charge in [0.1, 0.15) is 0 Å². The first-order valence-electron chi connectivity index (χ1n) is 7.89. The summed E-state index contributed by atoms with van der Waals surface area (Å²) < 4.78 is 0. The second kappa shape index (κ2) is 6.88. The van der Waals surface area contributed by atoms with E-state index < -0.39 is 0 Å². The van der Waals surface area contributed by atoms with E-state index in [0.29, 0.717) is 5.92 Å². The van der Waals surface area contributed by atoms with Crippen molar-refractivity contribution in [2.24, 2.45) is 11.7 Å². The van der Waals surface area contributed by atoms with Crippen molar-refractivity contribution in [3.63, 3.8) is 0 Å². The Morgan fingerprint density at radius 1 is 1.28 bits per heavy atom. The number of rotatable bonds is 5. The minimum atomic E-state index is 0.691. The molecule has 0 spiro atoms. The summed E-state index contributed by atoms with van der Waals surface area (Å²) in [5.74, 6) is 0.691. The Morgan fingerprint density at radius 2 is 2.11 bits per heavy atom. The molecule has 0 aromatic heterocycles. The molecule has 3 nitrogen and oxygen atoms in total. The minimum absolute atomic E-state index is 0.691. The summed E-state index contributed by atoms with van der Waals surface area (Å²) in [6.07, 6.45) is 6.87. The lowest BCUT2D eigenvalue weighted by molar-refractivity contribution is 0.0143. The predicted octanol–water partition coefficient (Wildman–Crippen LogP) is 1.92. The molecule has 2 aliphatic heterocycles. The first-order valence-corrected chi connectivity index (χ1v) is 7.89. The van der Waals surface area contributed by atoms with Crippen molar-refractivity contribution in [2.75, 3.05) is 32.7 Å². The monoisotopic (exact) mass is 253 g/mol. The Hall–Kier alpha value is -0.120. The SMILES string of the molecule is CC(CN)CCCN1CC2CCCCN2CC1C. The van der Waals surface area contributed by atoms with Crippen LogP contribution < -0.4 is 5.73 Å². The summed E-state index contributed by atoms with van der Waals surface area (Å²) in [5, 5.41) is 0. The van der Waals surface area contributed by atoms with Crippen molar-refractivity contribution < 1.29 is 0 Å². The molecular formula is C15H31N3. The molecule has 3 unspecified atom stereocenters. The number of hydrogen-bond donors (Lipinski definition) is 1. The van der Waals surface area contributed by atoms with Gasteiger partial charge in [-0.2, -0.15) is 0 Å². The molecule has 0 radical (unpaired) electrons. The molecule has 0 aromatic carbocycles. The van der Waals surface area contributed by atoms with Gasteiger partial charge in [0.2, 0.25) is 0 Å². The Labute approximate surface area is 113 Å². The van der Waals surface area contributed by atoms with Gasteiger partial charge in [-0.15, -0.1) is 0 Å². The maximum atomic E-state index is 5.69. The molecule has 0 aliphatic carbocycles. The van der Waals surface area contributed by atoms with Crippen LogP contribution in [0.4, 0.5) is 0 Å². The van der Waals surface area contributed by atoms with Crippen molar-refractivity contribution in [3.05, 3.63) is 0 Å². The van der Waals surface area contributed by atoms with Crippen molar-refractivity contribution in [3.8, 4) is 0 Å². The molecule has 3 heteroatoms. The molecule has 3 atom stereocenters. The third kappa shape index (κ3) is 3.69. The van der Waals surface area contributed by atoms with Crippen LogP contribution in [0.5, 0.6) is 0 Å². The zero-order valence-electron chi connectivity index (χ0n) is 12.3. The first kappa shape index (κ1) is 14.3. The number of fused-ring (bicyclic) bond motifs is 1. The van der Waals surface area contributed by atoms with Crippen molar-refractivity contribution in [1.82, 2.24) is 9.80 Å². The number of nitrogens with two attached hydrogens (primary N) is 1. The quantitative estimate of drug-likeness (QED) is 0.812. The van der Waals surface area contributed by atoms with Crippen LogP contribution in [0.3, 0.4) is 0 Å². The lowest BCUT2D eigenvalue weighted by atomic mass is 9.96. The van der Waals surface area contributed by atoms with E-state index in [2.05, 4.69) is 23.6 Å². The Balaban J connectivity index is 1.75. The summed E-state index contributed by atoms with van der Waals surface area (Å²) >= 11 is 0. The summed E-state index contributed by atoms with van der Waals surface area (Å²) in [5.41, 5.74) is 5.69. The van der Waals surface area contributed by atoms with Gasteiger partial charge in [0.25, 0.3) is 0 Å². The molecule has 106 valence electrons. The van der Waals surface area contributed by atoms with E-state index in [1.54, 1.807) is 0 Å². The van der Waals surface area contributed by atoms with E-state index in [-0.39, 0.29) is 0 Å². The van der Waals surface area contributed by atoms with Gasteiger partial charge in [0.05, 0.1) is 0 Å². The average Bonchev–Trinajstić information content (AvgIpc) is 2.39. The van der Waals surface area contributed by atoms with Crippen LogP contribution in [0.25, 0.3) is 0 Å². The first-order chi connectivity index (χ1) is 8.70. The summed E-state index contributed by atoms with van der Waals surface area (Å²) in [7, 11) is 0. The third-order valence-corrected chi connectivity index (χ3v) is 4.86. The smallest absolute Gasteiger partial charge is 0.0223 e. The Morgan fingerprint density at radius 3 is 2.89 bits per heavy atom. The van der Waals surface area contributed by atoms with Crippen LogP contribution >= 0.6 is 0 Å². The van der Waals surface area contributed by atoms with Crippen LogP contribution in [0.2, 0.25) is 0 Å². The number of piperazine rings is 1. The topological polar surface area (TPSA) is 32.5 Å². The lowest BCUT2D eigenvalue weighted by Gasteiger charge is -2.47. The Kier molecular flexibility index (Phi) is 5.46.